The van der Waals surface area contributed by atoms with Crippen molar-refractivity contribution in [3.05, 3.63) is 35.9 Å². The standard InChI is InChI=1S/C19H30NP/c1-2-8-17(9-3-1)16-20-14-15-21(18-10-4-5-11-18)19-12-6-7-13-19/h1-3,8-9,18-20H,4-7,10-16H2. The first-order valence-corrected chi connectivity index (χ1v) is 10.6. The average molecular weight is 303 g/mol. The van der Waals surface area contributed by atoms with Crippen LogP contribution in [0.25, 0.3) is 0 Å². The lowest BCUT2D eigenvalue weighted by Crippen LogP contribution is -2.22. The Labute approximate surface area is 131 Å². The van der Waals surface area contributed by atoms with Crippen LogP contribution in [0.1, 0.15) is 56.9 Å². The zero-order valence-corrected chi connectivity index (χ0v) is 14.2. The Hall–Kier alpha value is -0.390. The molecule has 21 heavy (non-hydrogen) atoms. The van der Waals surface area contributed by atoms with E-state index in [-0.39, 0.29) is 0 Å². The minimum atomic E-state index is 0.294. The fraction of sp³-hybridized carbons (Fsp3) is 0.684. The third kappa shape index (κ3) is 4.54. The number of nitrogens with one attached hydrogen (secondary N) is 1. The predicted molar refractivity (Wildman–Crippen MR) is 94.4 cm³/mol. The molecule has 0 heterocycles. The van der Waals surface area contributed by atoms with Crippen LogP contribution in [0, 0.1) is 0 Å². The fourth-order valence-corrected chi connectivity index (χ4v) is 7.97. The molecule has 2 aliphatic carbocycles. The molecule has 1 aromatic rings. The summed E-state index contributed by atoms with van der Waals surface area (Å²) in [5.74, 6) is 0. The van der Waals surface area contributed by atoms with Gasteiger partial charge < -0.3 is 5.32 Å². The molecule has 3 rings (SSSR count). The molecule has 0 atom stereocenters. The zero-order chi connectivity index (χ0) is 14.3. The van der Waals surface area contributed by atoms with E-state index >= 15 is 0 Å². The van der Waals surface area contributed by atoms with E-state index in [4.69, 9.17) is 0 Å². The Morgan fingerprint density at radius 3 is 2.00 bits per heavy atom. The number of benzene rings is 1. The van der Waals surface area contributed by atoms with E-state index in [1.165, 1.54) is 44.0 Å². The Morgan fingerprint density at radius 2 is 1.43 bits per heavy atom. The maximum Gasteiger partial charge on any atom is 0.0205 e. The van der Waals surface area contributed by atoms with Gasteiger partial charge in [0.1, 0.15) is 0 Å². The molecule has 116 valence electrons. The smallest absolute Gasteiger partial charge is 0.0205 e. The van der Waals surface area contributed by atoms with E-state index in [0.29, 0.717) is 7.92 Å². The SMILES string of the molecule is c1ccc(CNCCP(C2CCCC2)C2CCCC2)cc1. The summed E-state index contributed by atoms with van der Waals surface area (Å²) < 4.78 is 0. The van der Waals surface area contributed by atoms with Gasteiger partial charge in [-0.1, -0.05) is 63.9 Å². The molecule has 0 unspecified atom stereocenters. The van der Waals surface area contributed by atoms with Crippen LogP contribution >= 0.6 is 7.92 Å². The summed E-state index contributed by atoms with van der Waals surface area (Å²) in [5, 5.41) is 3.70. The molecule has 0 radical (unpaired) electrons. The van der Waals surface area contributed by atoms with Crippen LogP contribution in [0.4, 0.5) is 0 Å². The maximum absolute atomic E-state index is 3.70. The highest BCUT2D eigenvalue weighted by Crippen LogP contribution is 2.56. The lowest BCUT2D eigenvalue weighted by atomic mass is 10.2. The van der Waals surface area contributed by atoms with Crippen LogP contribution in [-0.2, 0) is 6.54 Å². The third-order valence-corrected chi connectivity index (χ3v) is 8.96. The van der Waals surface area contributed by atoms with Gasteiger partial charge in [-0.3, -0.25) is 0 Å². The van der Waals surface area contributed by atoms with Gasteiger partial charge in [0.05, 0.1) is 0 Å². The normalized spacial score (nSPS) is 20.6. The Bertz CT molecular complexity index is 377. The Kier molecular flexibility index (Phi) is 6.13. The summed E-state index contributed by atoms with van der Waals surface area (Å²) in [6, 6.07) is 10.8. The molecule has 1 N–H and O–H groups in total. The van der Waals surface area contributed by atoms with Gasteiger partial charge in [-0.25, -0.2) is 0 Å². The topological polar surface area (TPSA) is 12.0 Å². The summed E-state index contributed by atoms with van der Waals surface area (Å²) in [4.78, 5) is 0. The number of hydrogen-bond acceptors (Lipinski definition) is 1. The molecule has 2 fully saturated rings. The fourth-order valence-electron chi connectivity index (χ4n) is 4.17. The van der Waals surface area contributed by atoms with Gasteiger partial charge in [0.2, 0.25) is 0 Å². The summed E-state index contributed by atoms with van der Waals surface area (Å²) in [5.41, 5.74) is 3.65. The van der Waals surface area contributed by atoms with Crippen molar-refractivity contribution in [2.75, 3.05) is 12.7 Å². The molecule has 1 aromatic carbocycles. The zero-order valence-electron chi connectivity index (χ0n) is 13.3. The minimum Gasteiger partial charge on any atom is -0.312 e. The molecule has 0 aliphatic heterocycles. The quantitative estimate of drug-likeness (QED) is 0.543. The first kappa shape index (κ1) is 15.5. The van der Waals surface area contributed by atoms with Gasteiger partial charge in [-0.05, 0) is 55.3 Å². The Balaban J connectivity index is 1.45. The van der Waals surface area contributed by atoms with Crippen molar-refractivity contribution in [2.45, 2.75) is 69.2 Å². The Morgan fingerprint density at radius 1 is 0.857 bits per heavy atom. The van der Waals surface area contributed by atoms with Crippen molar-refractivity contribution >= 4 is 7.92 Å². The largest absolute Gasteiger partial charge is 0.312 e. The molecule has 0 spiro atoms. The van der Waals surface area contributed by atoms with Crippen LogP contribution in [-0.4, -0.2) is 24.0 Å². The van der Waals surface area contributed by atoms with Gasteiger partial charge in [0.25, 0.3) is 0 Å². The van der Waals surface area contributed by atoms with E-state index < -0.39 is 0 Å². The lowest BCUT2D eigenvalue weighted by molar-refractivity contribution is 0.720. The van der Waals surface area contributed by atoms with E-state index in [1.54, 1.807) is 25.7 Å². The van der Waals surface area contributed by atoms with Gasteiger partial charge in [-0.2, -0.15) is 0 Å². The molecule has 1 nitrogen and oxygen atoms in total. The monoisotopic (exact) mass is 303 g/mol. The summed E-state index contributed by atoms with van der Waals surface area (Å²) in [6.07, 6.45) is 13.7. The second kappa shape index (κ2) is 8.30. The van der Waals surface area contributed by atoms with E-state index in [0.717, 1.165) is 17.9 Å². The first-order chi connectivity index (χ1) is 10.4. The molecule has 2 aliphatic rings. The van der Waals surface area contributed by atoms with E-state index in [9.17, 15) is 0 Å². The van der Waals surface area contributed by atoms with Crippen molar-refractivity contribution in [1.82, 2.24) is 5.32 Å². The molecule has 0 amide bonds. The van der Waals surface area contributed by atoms with Crippen LogP contribution in [0.2, 0.25) is 0 Å². The second-order valence-electron chi connectivity index (χ2n) is 6.78. The van der Waals surface area contributed by atoms with Gasteiger partial charge in [0.15, 0.2) is 0 Å². The van der Waals surface area contributed by atoms with Crippen molar-refractivity contribution < 1.29 is 0 Å². The number of hydrogen-bond donors (Lipinski definition) is 1. The molecular weight excluding hydrogens is 273 g/mol. The third-order valence-electron chi connectivity index (χ3n) is 5.31. The van der Waals surface area contributed by atoms with Crippen LogP contribution in [0.15, 0.2) is 30.3 Å². The molecule has 0 bridgehead atoms. The van der Waals surface area contributed by atoms with Crippen LogP contribution in [0.5, 0.6) is 0 Å². The highest BCUT2D eigenvalue weighted by Gasteiger charge is 2.31. The van der Waals surface area contributed by atoms with Crippen molar-refractivity contribution in [3.8, 4) is 0 Å². The molecule has 2 saturated carbocycles. The molecule has 2 heteroatoms. The highest BCUT2D eigenvalue weighted by molar-refractivity contribution is 7.59. The molecule has 0 aromatic heterocycles. The van der Waals surface area contributed by atoms with Crippen LogP contribution in [0.3, 0.4) is 0 Å². The van der Waals surface area contributed by atoms with Gasteiger partial charge in [-0.15, -0.1) is 0 Å². The number of rotatable bonds is 7. The molecular formula is C19H30NP. The van der Waals surface area contributed by atoms with E-state index in [1.807, 2.05) is 0 Å². The second-order valence-corrected chi connectivity index (χ2v) is 9.71. The van der Waals surface area contributed by atoms with Crippen molar-refractivity contribution in [1.29, 1.82) is 0 Å². The van der Waals surface area contributed by atoms with E-state index in [2.05, 4.69) is 35.6 Å². The van der Waals surface area contributed by atoms with Crippen molar-refractivity contribution in [3.63, 3.8) is 0 Å². The summed E-state index contributed by atoms with van der Waals surface area (Å²) in [7, 11) is 0.294. The van der Waals surface area contributed by atoms with Crippen LogP contribution < -0.4 is 5.32 Å². The maximum atomic E-state index is 3.70. The summed E-state index contributed by atoms with van der Waals surface area (Å²) >= 11 is 0. The first-order valence-electron chi connectivity index (χ1n) is 8.94. The lowest BCUT2D eigenvalue weighted by Gasteiger charge is -2.30. The van der Waals surface area contributed by atoms with Gasteiger partial charge >= 0.3 is 0 Å². The highest BCUT2D eigenvalue weighted by atomic mass is 31.1. The average Bonchev–Trinajstić information content (AvgIpc) is 3.22. The summed E-state index contributed by atoms with van der Waals surface area (Å²) in [6.45, 7) is 2.27. The van der Waals surface area contributed by atoms with Gasteiger partial charge in [0, 0.05) is 6.54 Å². The predicted octanol–water partition coefficient (Wildman–Crippen LogP) is 5.14. The minimum absolute atomic E-state index is 0.294. The molecule has 0 saturated heterocycles. The van der Waals surface area contributed by atoms with Crippen molar-refractivity contribution in [2.24, 2.45) is 0 Å².